The van der Waals surface area contributed by atoms with Gasteiger partial charge in [-0.25, -0.2) is 4.98 Å². The zero-order valence-electron chi connectivity index (χ0n) is 9.16. The summed E-state index contributed by atoms with van der Waals surface area (Å²) in [5.74, 6) is 0.455. The average molecular weight is 229 g/mol. The lowest BCUT2D eigenvalue weighted by Gasteiger charge is -2.26. The predicted molar refractivity (Wildman–Crippen MR) is 62.2 cm³/mol. The fourth-order valence-corrected chi connectivity index (χ4v) is 1.32. The van der Waals surface area contributed by atoms with Crippen LogP contribution in [0.1, 0.15) is 26.7 Å². The number of hydrogen-bond donors (Lipinski definition) is 1. The molecule has 0 atom stereocenters. The van der Waals surface area contributed by atoms with Gasteiger partial charge in [0.2, 0.25) is 5.88 Å². The van der Waals surface area contributed by atoms with Crippen molar-refractivity contribution in [3.63, 3.8) is 0 Å². The Hall–Kier alpha value is -0.800. The Morgan fingerprint density at radius 1 is 1.47 bits per heavy atom. The van der Waals surface area contributed by atoms with Crippen LogP contribution in [0.4, 0.5) is 0 Å². The molecule has 0 aliphatic heterocycles. The third-order valence-corrected chi connectivity index (χ3v) is 2.92. The van der Waals surface area contributed by atoms with Crippen LogP contribution >= 0.6 is 11.6 Å². The van der Waals surface area contributed by atoms with Crippen LogP contribution < -0.4 is 10.5 Å². The van der Waals surface area contributed by atoms with Gasteiger partial charge >= 0.3 is 0 Å². The summed E-state index contributed by atoms with van der Waals surface area (Å²) in [4.78, 5) is 4.04. The first-order valence-corrected chi connectivity index (χ1v) is 5.51. The van der Waals surface area contributed by atoms with Crippen molar-refractivity contribution in [1.29, 1.82) is 0 Å². The molecular formula is C11H17ClN2O. The molecule has 2 N–H and O–H groups in total. The number of pyridine rings is 1. The van der Waals surface area contributed by atoms with E-state index in [-0.39, 0.29) is 5.54 Å². The smallest absolute Gasteiger partial charge is 0.232 e. The molecule has 0 unspecified atom stereocenters. The molecule has 0 saturated carbocycles. The highest BCUT2D eigenvalue weighted by Crippen LogP contribution is 2.22. The third-order valence-electron chi connectivity index (χ3n) is 2.63. The Morgan fingerprint density at radius 3 is 2.67 bits per heavy atom. The summed E-state index contributed by atoms with van der Waals surface area (Å²) in [7, 11) is 0. The highest BCUT2D eigenvalue weighted by molar-refractivity contribution is 6.31. The Labute approximate surface area is 95.6 Å². The Kier molecular flexibility index (Phi) is 4.36. The molecule has 15 heavy (non-hydrogen) atoms. The molecule has 0 amide bonds. The maximum atomic E-state index is 6.10. The zero-order chi connectivity index (χ0) is 11.3. The highest BCUT2D eigenvalue weighted by Gasteiger charge is 2.21. The van der Waals surface area contributed by atoms with E-state index in [0.29, 0.717) is 17.5 Å². The number of halogens is 1. The first kappa shape index (κ1) is 12.3. The number of aromatic nitrogens is 1. The molecule has 3 nitrogen and oxygen atoms in total. The molecule has 1 rings (SSSR count). The van der Waals surface area contributed by atoms with Crippen LogP contribution in [-0.2, 0) is 0 Å². The summed E-state index contributed by atoms with van der Waals surface area (Å²) in [6, 6.07) is 3.52. The predicted octanol–water partition coefficient (Wildman–Crippen LogP) is 2.63. The van der Waals surface area contributed by atoms with Gasteiger partial charge in [0.25, 0.3) is 0 Å². The topological polar surface area (TPSA) is 48.1 Å². The molecule has 0 aromatic carbocycles. The number of nitrogens with two attached hydrogens (primary N) is 1. The van der Waals surface area contributed by atoms with Crippen molar-refractivity contribution < 1.29 is 4.74 Å². The van der Waals surface area contributed by atoms with Gasteiger partial charge in [0, 0.05) is 11.7 Å². The summed E-state index contributed by atoms with van der Waals surface area (Å²) in [6.07, 6.45) is 3.39. The van der Waals surface area contributed by atoms with Gasteiger partial charge in [-0.15, -0.1) is 0 Å². The molecule has 1 aromatic rings. The number of hydrogen-bond acceptors (Lipinski definition) is 3. The van der Waals surface area contributed by atoms with E-state index < -0.39 is 0 Å². The van der Waals surface area contributed by atoms with Gasteiger partial charge < -0.3 is 10.5 Å². The van der Waals surface area contributed by atoms with E-state index in [1.54, 1.807) is 18.3 Å². The summed E-state index contributed by atoms with van der Waals surface area (Å²) in [5, 5.41) is 0.520. The van der Waals surface area contributed by atoms with Gasteiger partial charge in [-0.2, -0.15) is 0 Å². The second-order valence-electron chi connectivity index (χ2n) is 3.65. The van der Waals surface area contributed by atoms with Gasteiger partial charge in [0.15, 0.2) is 0 Å². The van der Waals surface area contributed by atoms with Crippen LogP contribution in [0.5, 0.6) is 5.88 Å². The monoisotopic (exact) mass is 228 g/mol. The van der Waals surface area contributed by atoms with E-state index in [2.05, 4.69) is 4.98 Å². The van der Waals surface area contributed by atoms with Crippen molar-refractivity contribution >= 4 is 11.6 Å². The zero-order valence-corrected chi connectivity index (χ0v) is 9.92. The van der Waals surface area contributed by atoms with Crippen LogP contribution in [0, 0.1) is 0 Å². The number of ether oxygens (including phenoxy) is 1. The standard InChI is InChI=1S/C11H17ClN2O/c1-3-11(13,4-2)8-15-10-9(12)6-5-7-14-10/h5-7H,3-4,8,13H2,1-2H3. The molecule has 0 spiro atoms. The Bertz CT molecular complexity index is 313. The second kappa shape index (κ2) is 5.33. The lowest BCUT2D eigenvalue weighted by molar-refractivity contribution is 0.201. The van der Waals surface area contributed by atoms with Crippen molar-refractivity contribution in [3.05, 3.63) is 23.4 Å². The molecule has 0 bridgehead atoms. The fourth-order valence-electron chi connectivity index (χ4n) is 1.14. The molecule has 4 heteroatoms. The second-order valence-corrected chi connectivity index (χ2v) is 4.06. The maximum Gasteiger partial charge on any atom is 0.232 e. The molecule has 0 radical (unpaired) electrons. The minimum Gasteiger partial charge on any atom is -0.475 e. The van der Waals surface area contributed by atoms with Crippen LogP contribution in [0.3, 0.4) is 0 Å². The van der Waals surface area contributed by atoms with E-state index in [0.717, 1.165) is 12.8 Å². The number of nitrogens with zero attached hydrogens (tertiary/aromatic N) is 1. The molecule has 0 fully saturated rings. The molecule has 1 aromatic heterocycles. The average Bonchev–Trinajstić information content (AvgIpc) is 2.28. The minimum atomic E-state index is -0.291. The van der Waals surface area contributed by atoms with E-state index in [1.165, 1.54) is 0 Å². The minimum absolute atomic E-state index is 0.291. The van der Waals surface area contributed by atoms with Crippen LogP contribution in [0.2, 0.25) is 5.02 Å². The molecule has 0 aliphatic rings. The largest absolute Gasteiger partial charge is 0.475 e. The van der Waals surface area contributed by atoms with E-state index in [4.69, 9.17) is 22.1 Å². The third kappa shape index (κ3) is 3.36. The van der Waals surface area contributed by atoms with Gasteiger partial charge in [-0.1, -0.05) is 25.4 Å². The molecule has 0 saturated heterocycles. The van der Waals surface area contributed by atoms with E-state index >= 15 is 0 Å². The molecule has 84 valence electrons. The van der Waals surface area contributed by atoms with Crippen molar-refractivity contribution in [1.82, 2.24) is 4.98 Å². The molecule has 0 aliphatic carbocycles. The Morgan fingerprint density at radius 2 is 2.13 bits per heavy atom. The summed E-state index contributed by atoms with van der Waals surface area (Å²) < 4.78 is 5.52. The molecular weight excluding hydrogens is 212 g/mol. The summed E-state index contributed by atoms with van der Waals surface area (Å²) >= 11 is 5.91. The van der Waals surface area contributed by atoms with Crippen LogP contribution in [0.25, 0.3) is 0 Å². The van der Waals surface area contributed by atoms with Crippen molar-refractivity contribution in [2.75, 3.05) is 6.61 Å². The highest BCUT2D eigenvalue weighted by atomic mass is 35.5. The summed E-state index contributed by atoms with van der Waals surface area (Å²) in [5.41, 5.74) is 5.81. The first-order valence-electron chi connectivity index (χ1n) is 5.13. The van der Waals surface area contributed by atoms with Crippen LogP contribution in [-0.4, -0.2) is 17.1 Å². The normalized spacial score (nSPS) is 11.5. The van der Waals surface area contributed by atoms with Gasteiger partial charge in [-0.05, 0) is 25.0 Å². The van der Waals surface area contributed by atoms with Gasteiger partial charge in [-0.3, -0.25) is 0 Å². The van der Waals surface area contributed by atoms with E-state index in [9.17, 15) is 0 Å². The lowest BCUT2D eigenvalue weighted by Crippen LogP contribution is -2.44. The van der Waals surface area contributed by atoms with Gasteiger partial charge in [0.1, 0.15) is 11.6 Å². The van der Waals surface area contributed by atoms with Gasteiger partial charge in [0.05, 0.1) is 0 Å². The molecule has 1 heterocycles. The number of rotatable bonds is 5. The van der Waals surface area contributed by atoms with E-state index in [1.807, 2.05) is 13.8 Å². The van der Waals surface area contributed by atoms with Crippen LogP contribution in [0.15, 0.2) is 18.3 Å². The first-order chi connectivity index (χ1) is 7.11. The quantitative estimate of drug-likeness (QED) is 0.843. The van der Waals surface area contributed by atoms with Crippen molar-refractivity contribution in [2.45, 2.75) is 32.2 Å². The van der Waals surface area contributed by atoms with Crippen molar-refractivity contribution in [2.24, 2.45) is 5.73 Å². The van der Waals surface area contributed by atoms with Crippen molar-refractivity contribution in [3.8, 4) is 5.88 Å². The summed E-state index contributed by atoms with van der Waals surface area (Å²) in [6.45, 7) is 4.54. The Balaban J connectivity index is 2.61. The fraction of sp³-hybridized carbons (Fsp3) is 0.545. The SMILES string of the molecule is CCC(N)(CC)COc1ncccc1Cl. The maximum absolute atomic E-state index is 6.10. The lowest BCUT2D eigenvalue weighted by atomic mass is 9.96.